The standard InChI is InChI=1S/C14H25N3O3/c1-16(12-4-2-3-5-12)9-7-15-14(20)17-8-6-11(10-17)13(18)19/h11-12H,2-10H2,1H3,(H,15,20)(H,18,19). The zero-order chi connectivity index (χ0) is 14.5. The van der Waals surface area contributed by atoms with Crippen molar-refractivity contribution in [2.45, 2.75) is 38.1 Å². The summed E-state index contributed by atoms with van der Waals surface area (Å²) in [6.45, 7) is 2.35. The minimum Gasteiger partial charge on any atom is -0.481 e. The predicted molar refractivity (Wildman–Crippen MR) is 75.6 cm³/mol. The first-order valence-corrected chi connectivity index (χ1v) is 7.53. The molecule has 20 heavy (non-hydrogen) atoms. The van der Waals surface area contributed by atoms with E-state index in [2.05, 4.69) is 17.3 Å². The number of amides is 2. The number of urea groups is 1. The molecule has 0 spiro atoms. The van der Waals surface area contributed by atoms with Gasteiger partial charge in [-0.2, -0.15) is 0 Å². The molecule has 2 fully saturated rings. The zero-order valence-corrected chi connectivity index (χ0v) is 12.2. The molecule has 1 aliphatic carbocycles. The fraction of sp³-hybridized carbons (Fsp3) is 0.857. The lowest BCUT2D eigenvalue weighted by molar-refractivity contribution is -0.141. The lowest BCUT2D eigenvalue weighted by atomic mass is 10.1. The van der Waals surface area contributed by atoms with Gasteiger partial charge < -0.3 is 20.2 Å². The molecule has 1 saturated heterocycles. The van der Waals surface area contributed by atoms with E-state index in [9.17, 15) is 9.59 Å². The number of likely N-dealkylation sites (tertiary alicyclic amines) is 1. The second-order valence-electron chi connectivity index (χ2n) is 5.92. The Morgan fingerprint density at radius 3 is 2.60 bits per heavy atom. The van der Waals surface area contributed by atoms with Crippen LogP contribution >= 0.6 is 0 Å². The van der Waals surface area contributed by atoms with Gasteiger partial charge in [0.1, 0.15) is 0 Å². The number of aliphatic carboxylic acids is 1. The molecule has 1 atom stereocenters. The van der Waals surface area contributed by atoms with Crippen LogP contribution in [0.1, 0.15) is 32.1 Å². The Hall–Kier alpha value is -1.30. The van der Waals surface area contributed by atoms with E-state index in [4.69, 9.17) is 5.11 Å². The molecule has 1 unspecified atom stereocenters. The first-order valence-electron chi connectivity index (χ1n) is 7.53. The van der Waals surface area contributed by atoms with Crippen LogP contribution in [0.5, 0.6) is 0 Å². The molecule has 1 aliphatic heterocycles. The predicted octanol–water partition coefficient (Wildman–Crippen LogP) is 0.977. The van der Waals surface area contributed by atoms with Crippen LogP contribution in [0.25, 0.3) is 0 Å². The molecule has 114 valence electrons. The van der Waals surface area contributed by atoms with Crippen molar-refractivity contribution in [3.8, 4) is 0 Å². The Balaban J connectivity index is 1.64. The highest BCUT2D eigenvalue weighted by atomic mass is 16.4. The third-order valence-electron chi connectivity index (χ3n) is 4.51. The van der Waals surface area contributed by atoms with Gasteiger partial charge >= 0.3 is 12.0 Å². The van der Waals surface area contributed by atoms with Crippen LogP contribution in [0.2, 0.25) is 0 Å². The minimum atomic E-state index is -0.804. The maximum absolute atomic E-state index is 11.9. The van der Waals surface area contributed by atoms with Gasteiger partial charge in [0, 0.05) is 32.2 Å². The Labute approximate surface area is 120 Å². The molecule has 2 aliphatic rings. The summed E-state index contributed by atoms with van der Waals surface area (Å²) in [6.07, 6.45) is 5.70. The van der Waals surface area contributed by atoms with E-state index in [1.807, 2.05) is 0 Å². The van der Waals surface area contributed by atoms with E-state index >= 15 is 0 Å². The van der Waals surface area contributed by atoms with Crippen LogP contribution in [0.3, 0.4) is 0 Å². The number of carbonyl (C=O) groups is 2. The molecule has 0 aromatic rings. The Bertz CT molecular complexity index is 356. The number of nitrogens with zero attached hydrogens (tertiary/aromatic N) is 2. The van der Waals surface area contributed by atoms with Crippen LogP contribution in [0, 0.1) is 5.92 Å². The topological polar surface area (TPSA) is 72.9 Å². The van der Waals surface area contributed by atoms with Gasteiger partial charge in [-0.1, -0.05) is 12.8 Å². The first kappa shape index (κ1) is 15.1. The molecule has 6 nitrogen and oxygen atoms in total. The average Bonchev–Trinajstić information content (AvgIpc) is 3.09. The first-order chi connectivity index (χ1) is 9.58. The molecule has 0 aromatic carbocycles. The summed E-state index contributed by atoms with van der Waals surface area (Å²) in [5.74, 6) is -1.21. The van der Waals surface area contributed by atoms with Crippen molar-refractivity contribution in [2.24, 2.45) is 5.92 Å². The molecule has 1 heterocycles. The SMILES string of the molecule is CN(CCNC(=O)N1CCC(C(=O)O)C1)C1CCCC1. The van der Waals surface area contributed by atoms with E-state index in [0.717, 1.165) is 6.54 Å². The zero-order valence-electron chi connectivity index (χ0n) is 12.2. The maximum Gasteiger partial charge on any atom is 0.317 e. The number of hydrogen-bond donors (Lipinski definition) is 2. The van der Waals surface area contributed by atoms with E-state index in [-0.39, 0.29) is 6.03 Å². The number of carboxylic acid groups (broad SMARTS) is 1. The van der Waals surface area contributed by atoms with Crippen molar-refractivity contribution in [2.75, 3.05) is 33.2 Å². The molecule has 0 radical (unpaired) electrons. The number of nitrogens with one attached hydrogen (secondary N) is 1. The highest BCUT2D eigenvalue weighted by Crippen LogP contribution is 2.21. The van der Waals surface area contributed by atoms with E-state index < -0.39 is 11.9 Å². The minimum absolute atomic E-state index is 0.131. The average molecular weight is 283 g/mol. The van der Waals surface area contributed by atoms with Gasteiger partial charge in [0.2, 0.25) is 0 Å². The summed E-state index contributed by atoms with van der Waals surface area (Å²) in [6, 6.07) is 0.531. The molecule has 1 saturated carbocycles. The third kappa shape index (κ3) is 3.85. The molecule has 2 rings (SSSR count). The van der Waals surface area contributed by atoms with Crippen molar-refractivity contribution >= 4 is 12.0 Å². The number of likely N-dealkylation sites (N-methyl/N-ethyl adjacent to an activating group) is 1. The fourth-order valence-corrected chi connectivity index (χ4v) is 3.12. The summed E-state index contributed by atoms with van der Waals surface area (Å²) < 4.78 is 0. The van der Waals surface area contributed by atoms with Crippen molar-refractivity contribution in [1.29, 1.82) is 0 Å². The van der Waals surface area contributed by atoms with Gasteiger partial charge in [-0.25, -0.2) is 4.79 Å². The summed E-state index contributed by atoms with van der Waals surface area (Å²) in [5, 5.41) is 11.8. The van der Waals surface area contributed by atoms with Crippen LogP contribution < -0.4 is 5.32 Å². The quantitative estimate of drug-likeness (QED) is 0.789. The summed E-state index contributed by atoms with van der Waals surface area (Å²) >= 11 is 0. The normalized spacial score (nSPS) is 23.5. The molecule has 2 amide bonds. The number of carboxylic acids is 1. The number of hydrogen-bond acceptors (Lipinski definition) is 3. The number of carbonyl (C=O) groups excluding carboxylic acids is 1. The highest BCUT2D eigenvalue weighted by molar-refractivity contribution is 5.77. The maximum atomic E-state index is 11.9. The molecule has 2 N–H and O–H groups in total. The fourth-order valence-electron chi connectivity index (χ4n) is 3.12. The van der Waals surface area contributed by atoms with E-state index in [0.29, 0.717) is 32.1 Å². The van der Waals surface area contributed by atoms with Gasteiger partial charge in [0.25, 0.3) is 0 Å². The molecule has 6 heteroatoms. The smallest absolute Gasteiger partial charge is 0.317 e. The van der Waals surface area contributed by atoms with Gasteiger partial charge in [-0.3, -0.25) is 4.79 Å². The van der Waals surface area contributed by atoms with Crippen molar-refractivity contribution < 1.29 is 14.7 Å². The molecular formula is C14H25N3O3. The van der Waals surface area contributed by atoms with Crippen LogP contribution in [0.4, 0.5) is 4.79 Å². The largest absolute Gasteiger partial charge is 0.481 e. The summed E-state index contributed by atoms with van der Waals surface area (Å²) in [7, 11) is 2.11. The van der Waals surface area contributed by atoms with Gasteiger partial charge in [-0.15, -0.1) is 0 Å². The van der Waals surface area contributed by atoms with Crippen LogP contribution in [-0.2, 0) is 4.79 Å². The van der Waals surface area contributed by atoms with Gasteiger partial charge in [0.15, 0.2) is 0 Å². The van der Waals surface area contributed by atoms with Crippen molar-refractivity contribution in [3.05, 3.63) is 0 Å². The van der Waals surface area contributed by atoms with Crippen molar-refractivity contribution in [3.63, 3.8) is 0 Å². The number of rotatable bonds is 5. The monoisotopic (exact) mass is 283 g/mol. The van der Waals surface area contributed by atoms with Gasteiger partial charge in [0.05, 0.1) is 5.92 Å². The Morgan fingerprint density at radius 1 is 1.30 bits per heavy atom. The van der Waals surface area contributed by atoms with E-state index in [1.54, 1.807) is 4.90 Å². The second kappa shape index (κ2) is 6.92. The lowest BCUT2D eigenvalue weighted by Crippen LogP contribution is -2.43. The van der Waals surface area contributed by atoms with Crippen molar-refractivity contribution in [1.82, 2.24) is 15.1 Å². The molecular weight excluding hydrogens is 258 g/mol. The third-order valence-corrected chi connectivity index (χ3v) is 4.51. The summed E-state index contributed by atoms with van der Waals surface area (Å²) in [5.41, 5.74) is 0. The Morgan fingerprint density at radius 2 is 2.00 bits per heavy atom. The van der Waals surface area contributed by atoms with Crippen LogP contribution in [-0.4, -0.2) is 66.2 Å². The molecule has 0 bridgehead atoms. The lowest BCUT2D eigenvalue weighted by Gasteiger charge is -2.24. The van der Waals surface area contributed by atoms with Crippen LogP contribution in [0.15, 0.2) is 0 Å². The molecule has 0 aromatic heterocycles. The van der Waals surface area contributed by atoms with Gasteiger partial charge in [-0.05, 0) is 26.3 Å². The highest BCUT2D eigenvalue weighted by Gasteiger charge is 2.30. The Kier molecular flexibility index (Phi) is 5.23. The second-order valence-corrected chi connectivity index (χ2v) is 5.92. The van der Waals surface area contributed by atoms with E-state index in [1.165, 1.54) is 25.7 Å². The summed E-state index contributed by atoms with van der Waals surface area (Å²) in [4.78, 5) is 26.7.